The number of carboxylic acid groups (broad SMARTS) is 1. The monoisotopic (exact) mass is 244 g/mol. The van der Waals surface area contributed by atoms with Crippen LogP contribution in [0.25, 0.3) is 0 Å². The van der Waals surface area contributed by atoms with Crippen LogP contribution in [0.5, 0.6) is 0 Å². The number of nitrogens with zero attached hydrogens (tertiary/aromatic N) is 1. The smallest absolute Gasteiger partial charge is 0.305 e. The molecule has 1 heterocycles. The van der Waals surface area contributed by atoms with E-state index < -0.39 is 18.1 Å². The van der Waals surface area contributed by atoms with Crippen molar-refractivity contribution in [1.82, 2.24) is 4.90 Å². The lowest BCUT2D eigenvalue weighted by molar-refractivity contribution is -0.147. The number of ether oxygens (including phenoxy) is 1. The molecule has 1 aliphatic heterocycles. The van der Waals surface area contributed by atoms with Gasteiger partial charge in [-0.3, -0.25) is 9.59 Å². The molecular weight excluding hydrogens is 224 g/mol. The second kappa shape index (κ2) is 5.97. The van der Waals surface area contributed by atoms with E-state index in [1.165, 1.54) is 0 Å². The Hall–Kier alpha value is -1.14. The van der Waals surface area contributed by atoms with Gasteiger partial charge in [-0.05, 0) is 5.92 Å². The molecule has 1 amide bonds. The molecule has 3 N–H and O–H groups in total. The lowest BCUT2D eigenvalue weighted by atomic mass is 10.0. The number of carboxylic acids is 1. The van der Waals surface area contributed by atoms with Crippen LogP contribution in [-0.2, 0) is 14.3 Å². The Kier molecular flexibility index (Phi) is 4.89. The van der Waals surface area contributed by atoms with Crippen LogP contribution in [0, 0.1) is 5.92 Å². The summed E-state index contributed by atoms with van der Waals surface area (Å²) >= 11 is 0. The van der Waals surface area contributed by atoms with Gasteiger partial charge in [0.25, 0.3) is 0 Å². The van der Waals surface area contributed by atoms with Gasteiger partial charge in [-0.25, -0.2) is 0 Å². The number of hydrogen-bond donors (Lipinski definition) is 2. The summed E-state index contributed by atoms with van der Waals surface area (Å²) in [6, 6.07) is -0.983. The quantitative estimate of drug-likeness (QED) is 0.706. The molecule has 0 aliphatic carbocycles. The van der Waals surface area contributed by atoms with Crippen LogP contribution >= 0.6 is 0 Å². The maximum absolute atomic E-state index is 12.1. The maximum atomic E-state index is 12.1. The van der Waals surface area contributed by atoms with Gasteiger partial charge in [-0.2, -0.15) is 0 Å². The summed E-state index contributed by atoms with van der Waals surface area (Å²) in [6.07, 6.45) is -0.101. The summed E-state index contributed by atoms with van der Waals surface area (Å²) in [4.78, 5) is 24.3. The summed E-state index contributed by atoms with van der Waals surface area (Å²) in [6.45, 7) is 4.86. The number of rotatable bonds is 4. The van der Waals surface area contributed by atoms with E-state index in [0.717, 1.165) is 0 Å². The average molecular weight is 244 g/mol. The standard InChI is InChI=1S/C11H20N2O4/c1-7(2)10(12)11(16)13-3-4-17-6-8(13)5-9(14)15/h7-8,10H,3-6,12H2,1-2H3,(H,14,15)/t8?,10-/m1/s1. The Balaban J connectivity index is 2.70. The molecule has 0 aromatic heterocycles. The molecular formula is C11H20N2O4. The van der Waals surface area contributed by atoms with Gasteiger partial charge < -0.3 is 20.5 Å². The summed E-state index contributed by atoms with van der Waals surface area (Å²) in [7, 11) is 0. The molecule has 2 atom stereocenters. The SMILES string of the molecule is CC(C)[C@@H](N)C(=O)N1CCOCC1CC(=O)O. The van der Waals surface area contributed by atoms with Crippen LogP contribution in [0.15, 0.2) is 0 Å². The minimum atomic E-state index is -0.934. The van der Waals surface area contributed by atoms with Gasteiger partial charge in [0.1, 0.15) is 0 Å². The Bertz CT molecular complexity index is 293. The second-order valence-corrected chi connectivity index (χ2v) is 4.63. The molecule has 0 spiro atoms. The van der Waals surface area contributed by atoms with E-state index in [1.54, 1.807) is 4.90 Å². The van der Waals surface area contributed by atoms with Gasteiger partial charge in [0.15, 0.2) is 0 Å². The van der Waals surface area contributed by atoms with Gasteiger partial charge in [0.05, 0.1) is 31.7 Å². The number of aliphatic carboxylic acids is 1. The Morgan fingerprint density at radius 3 is 2.71 bits per heavy atom. The summed E-state index contributed by atoms with van der Waals surface area (Å²) in [5.41, 5.74) is 5.80. The van der Waals surface area contributed by atoms with Crippen molar-refractivity contribution in [3.63, 3.8) is 0 Å². The summed E-state index contributed by atoms with van der Waals surface area (Å²) < 4.78 is 5.21. The summed E-state index contributed by atoms with van der Waals surface area (Å²) in [5, 5.41) is 8.79. The van der Waals surface area contributed by atoms with E-state index in [2.05, 4.69) is 0 Å². The zero-order valence-corrected chi connectivity index (χ0v) is 10.3. The van der Waals surface area contributed by atoms with Crippen molar-refractivity contribution in [2.24, 2.45) is 11.7 Å². The van der Waals surface area contributed by atoms with Crippen LogP contribution < -0.4 is 5.73 Å². The molecule has 1 rings (SSSR count). The van der Waals surface area contributed by atoms with Crippen molar-refractivity contribution in [3.05, 3.63) is 0 Å². The fourth-order valence-corrected chi connectivity index (χ4v) is 1.79. The van der Waals surface area contributed by atoms with E-state index >= 15 is 0 Å². The molecule has 1 fully saturated rings. The highest BCUT2D eigenvalue weighted by atomic mass is 16.5. The zero-order valence-electron chi connectivity index (χ0n) is 10.3. The van der Waals surface area contributed by atoms with Crippen molar-refractivity contribution in [2.75, 3.05) is 19.8 Å². The largest absolute Gasteiger partial charge is 0.481 e. The van der Waals surface area contributed by atoms with E-state index in [9.17, 15) is 9.59 Å². The molecule has 1 unspecified atom stereocenters. The third kappa shape index (κ3) is 3.67. The highest BCUT2D eigenvalue weighted by Gasteiger charge is 2.32. The third-order valence-electron chi connectivity index (χ3n) is 2.92. The zero-order chi connectivity index (χ0) is 13.0. The first-order valence-electron chi connectivity index (χ1n) is 5.79. The lowest BCUT2D eigenvalue weighted by Gasteiger charge is -2.37. The fraction of sp³-hybridized carbons (Fsp3) is 0.818. The van der Waals surface area contributed by atoms with Crippen LogP contribution in [0.2, 0.25) is 0 Å². The molecule has 6 heteroatoms. The minimum Gasteiger partial charge on any atom is -0.481 e. The van der Waals surface area contributed by atoms with E-state index in [0.29, 0.717) is 13.2 Å². The van der Waals surface area contributed by atoms with Gasteiger partial charge in [0, 0.05) is 6.54 Å². The highest BCUT2D eigenvalue weighted by Crippen LogP contribution is 2.14. The first kappa shape index (κ1) is 13.9. The van der Waals surface area contributed by atoms with Crippen molar-refractivity contribution >= 4 is 11.9 Å². The first-order chi connectivity index (χ1) is 7.93. The Morgan fingerprint density at radius 1 is 1.53 bits per heavy atom. The number of morpholine rings is 1. The average Bonchev–Trinajstić information content (AvgIpc) is 2.27. The molecule has 17 heavy (non-hydrogen) atoms. The normalized spacial score (nSPS) is 22.6. The number of carbonyl (C=O) groups is 2. The molecule has 1 aliphatic rings. The minimum absolute atomic E-state index is 0.0378. The second-order valence-electron chi connectivity index (χ2n) is 4.63. The highest BCUT2D eigenvalue weighted by molar-refractivity contribution is 5.83. The van der Waals surface area contributed by atoms with Gasteiger partial charge in [0.2, 0.25) is 5.91 Å². The predicted molar refractivity (Wildman–Crippen MR) is 61.4 cm³/mol. The van der Waals surface area contributed by atoms with Gasteiger partial charge in [-0.1, -0.05) is 13.8 Å². The topological polar surface area (TPSA) is 92.9 Å². The fourth-order valence-electron chi connectivity index (χ4n) is 1.79. The van der Waals surface area contributed by atoms with Crippen LogP contribution in [0.4, 0.5) is 0 Å². The van der Waals surface area contributed by atoms with Crippen LogP contribution in [-0.4, -0.2) is 53.7 Å². The number of nitrogens with two attached hydrogens (primary N) is 1. The van der Waals surface area contributed by atoms with Crippen molar-refractivity contribution < 1.29 is 19.4 Å². The lowest BCUT2D eigenvalue weighted by Crippen LogP contribution is -2.55. The van der Waals surface area contributed by atoms with E-state index in [1.807, 2.05) is 13.8 Å². The van der Waals surface area contributed by atoms with E-state index in [-0.39, 0.29) is 24.9 Å². The number of amides is 1. The van der Waals surface area contributed by atoms with Gasteiger partial charge in [-0.15, -0.1) is 0 Å². The maximum Gasteiger partial charge on any atom is 0.305 e. The van der Waals surface area contributed by atoms with Crippen LogP contribution in [0.1, 0.15) is 20.3 Å². The predicted octanol–water partition coefficient (Wildman–Crippen LogP) is -0.328. The molecule has 0 radical (unpaired) electrons. The molecule has 1 saturated heterocycles. The number of hydrogen-bond acceptors (Lipinski definition) is 4. The van der Waals surface area contributed by atoms with Crippen molar-refractivity contribution in [3.8, 4) is 0 Å². The molecule has 0 aromatic rings. The summed E-state index contributed by atoms with van der Waals surface area (Å²) in [5.74, 6) is -1.08. The first-order valence-corrected chi connectivity index (χ1v) is 5.79. The molecule has 98 valence electrons. The molecule has 0 aromatic carbocycles. The molecule has 6 nitrogen and oxygen atoms in total. The molecule has 0 saturated carbocycles. The van der Waals surface area contributed by atoms with Gasteiger partial charge >= 0.3 is 5.97 Å². The van der Waals surface area contributed by atoms with Crippen molar-refractivity contribution in [1.29, 1.82) is 0 Å². The van der Waals surface area contributed by atoms with E-state index in [4.69, 9.17) is 15.6 Å². The Labute approximate surface area is 101 Å². The molecule has 0 bridgehead atoms. The Morgan fingerprint density at radius 2 is 2.18 bits per heavy atom. The number of carbonyl (C=O) groups excluding carboxylic acids is 1. The van der Waals surface area contributed by atoms with Crippen molar-refractivity contribution in [2.45, 2.75) is 32.4 Å². The third-order valence-corrected chi connectivity index (χ3v) is 2.92. The van der Waals surface area contributed by atoms with Crippen LogP contribution in [0.3, 0.4) is 0 Å².